The number of carbonyl (C=O) groups excluding carboxylic acids is 1. The van der Waals surface area contributed by atoms with Gasteiger partial charge in [-0.15, -0.1) is 0 Å². The number of carbonyl (C=O) groups is 2. The maximum Gasteiger partial charge on any atom is 0.410 e. The highest BCUT2D eigenvalue weighted by Gasteiger charge is 2.36. The van der Waals surface area contributed by atoms with Gasteiger partial charge >= 0.3 is 12.1 Å². The van der Waals surface area contributed by atoms with E-state index in [1.165, 1.54) is 4.90 Å². The van der Waals surface area contributed by atoms with Crippen molar-refractivity contribution in [1.29, 1.82) is 0 Å². The van der Waals surface area contributed by atoms with Crippen molar-refractivity contribution in [1.82, 2.24) is 4.90 Å². The van der Waals surface area contributed by atoms with Gasteiger partial charge in [0.15, 0.2) is 0 Å². The van der Waals surface area contributed by atoms with Gasteiger partial charge < -0.3 is 14.7 Å². The summed E-state index contributed by atoms with van der Waals surface area (Å²) in [4.78, 5) is 24.5. The third kappa shape index (κ3) is 4.69. The molecule has 1 heterocycles. The Labute approximate surface area is 112 Å². The number of rotatable bonds is 3. The third-order valence-electron chi connectivity index (χ3n) is 3.18. The van der Waals surface area contributed by atoms with Crippen LogP contribution in [0.25, 0.3) is 0 Å². The zero-order valence-electron chi connectivity index (χ0n) is 11.7. The van der Waals surface area contributed by atoms with E-state index in [1.54, 1.807) is 20.8 Å². The number of aliphatic carboxylic acids is 1. The van der Waals surface area contributed by atoms with Crippen molar-refractivity contribution >= 4 is 12.1 Å². The smallest absolute Gasteiger partial charge is 0.410 e. The quantitative estimate of drug-likeness (QED) is 0.858. The first-order valence-corrected chi connectivity index (χ1v) is 6.51. The number of hydrogen-bond donors (Lipinski definition) is 1. The number of carboxylic acids is 1. The Morgan fingerprint density at radius 2 is 2.05 bits per heavy atom. The average Bonchev–Trinajstić information content (AvgIpc) is 2.26. The normalized spacial score (nSPS) is 24.1. The van der Waals surface area contributed by atoms with Gasteiger partial charge in [0.05, 0.1) is 12.6 Å². The van der Waals surface area contributed by atoms with Crippen LogP contribution in [0.3, 0.4) is 0 Å². The average molecular weight is 275 g/mol. The summed E-state index contributed by atoms with van der Waals surface area (Å²) in [6.07, 6.45) is 0.0513. The first kappa shape index (κ1) is 15.7. The topological polar surface area (TPSA) is 66.8 Å². The van der Waals surface area contributed by atoms with E-state index in [0.29, 0.717) is 13.0 Å². The number of alkyl halides is 1. The first-order chi connectivity index (χ1) is 8.74. The molecule has 19 heavy (non-hydrogen) atoms. The van der Waals surface area contributed by atoms with Gasteiger partial charge in [-0.25, -0.2) is 4.79 Å². The number of piperidine rings is 1. The molecule has 5 nitrogen and oxygen atoms in total. The van der Waals surface area contributed by atoms with Gasteiger partial charge in [0, 0.05) is 13.1 Å². The number of nitrogens with zero attached hydrogens (tertiary/aromatic N) is 1. The van der Waals surface area contributed by atoms with Crippen LogP contribution in [-0.2, 0) is 9.53 Å². The van der Waals surface area contributed by atoms with Crippen LogP contribution in [-0.4, -0.2) is 47.4 Å². The molecule has 2 atom stereocenters. The molecule has 0 saturated carbocycles. The Bertz CT molecular complexity index is 340. The Hall–Kier alpha value is -1.33. The second-order valence-corrected chi connectivity index (χ2v) is 5.90. The van der Waals surface area contributed by atoms with Crippen molar-refractivity contribution in [2.24, 2.45) is 11.8 Å². The van der Waals surface area contributed by atoms with Gasteiger partial charge in [-0.05, 0) is 39.5 Å². The highest BCUT2D eigenvalue weighted by molar-refractivity contribution is 5.72. The molecule has 1 saturated heterocycles. The van der Waals surface area contributed by atoms with Crippen LogP contribution in [0.5, 0.6) is 0 Å². The molecule has 1 amide bonds. The second kappa shape index (κ2) is 6.21. The molecule has 0 aromatic heterocycles. The summed E-state index contributed by atoms with van der Waals surface area (Å²) in [6, 6.07) is 0. The second-order valence-electron chi connectivity index (χ2n) is 5.90. The Kier molecular flexibility index (Phi) is 5.14. The van der Waals surface area contributed by atoms with Crippen molar-refractivity contribution in [2.75, 3.05) is 19.8 Å². The number of hydrogen-bond acceptors (Lipinski definition) is 3. The Morgan fingerprint density at radius 3 is 2.53 bits per heavy atom. The van der Waals surface area contributed by atoms with Crippen LogP contribution in [0.4, 0.5) is 9.18 Å². The maximum absolute atomic E-state index is 12.5. The molecule has 1 rings (SSSR count). The fraction of sp³-hybridized carbons (Fsp3) is 0.846. The summed E-state index contributed by atoms with van der Waals surface area (Å²) in [5, 5.41) is 9.09. The van der Waals surface area contributed by atoms with Crippen molar-refractivity contribution in [3.63, 3.8) is 0 Å². The van der Waals surface area contributed by atoms with E-state index in [-0.39, 0.29) is 18.9 Å². The molecule has 1 fully saturated rings. The van der Waals surface area contributed by atoms with Gasteiger partial charge in [-0.1, -0.05) is 0 Å². The lowest BCUT2D eigenvalue weighted by Crippen LogP contribution is -2.47. The zero-order chi connectivity index (χ0) is 14.6. The predicted molar refractivity (Wildman–Crippen MR) is 67.6 cm³/mol. The van der Waals surface area contributed by atoms with E-state index < -0.39 is 30.3 Å². The number of halogens is 1. The Balaban J connectivity index is 2.65. The summed E-state index contributed by atoms with van der Waals surface area (Å²) >= 11 is 0. The lowest BCUT2D eigenvalue weighted by molar-refractivity contribution is -0.146. The zero-order valence-corrected chi connectivity index (χ0v) is 11.7. The van der Waals surface area contributed by atoms with Crippen LogP contribution in [0.1, 0.15) is 33.6 Å². The van der Waals surface area contributed by atoms with E-state index in [2.05, 4.69) is 0 Å². The van der Waals surface area contributed by atoms with Crippen LogP contribution in [0, 0.1) is 11.8 Å². The predicted octanol–water partition coefficient (Wildman–Crippen LogP) is 2.30. The highest BCUT2D eigenvalue weighted by Crippen LogP contribution is 2.27. The molecule has 1 N–H and O–H groups in total. The number of carboxylic acid groups (broad SMARTS) is 1. The minimum atomic E-state index is -0.915. The van der Waals surface area contributed by atoms with E-state index in [4.69, 9.17) is 9.84 Å². The molecule has 6 heteroatoms. The minimum Gasteiger partial charge on any atom is -0.481 e. The summed E-state index contributed by atoms with van der Waals surface area (Å²) in [7, 11) is 0. The molecule has 0 radical (unpaired) electrons. The molecule has 0 aromatic rings. The molecule has 1 aliphatic heterocycles. The SMILES string of the molecule is CC(C)(C)OC(=O)N1CCC(C(=O)O)C(CCF)C1. The lowest BCUT2D eigenvalue weighted by Gasteiger charge is -2.37. The number of likely N-dealkylation sites (tertiary alicyclic amines) is 1. The molecular weight excluding hydrogens is 253 g/mol. The molecule has 1 aliphatic rings. The van der Waals surface area contributed by atoms with Crippen molar-refractivity contribution in [3.8, 4) is 0 Å². The molecule has 0 spiro atoms. The molecule has 110 valence electrons. The lowest BCUT2D eigenvalue weighted by atomic mass is 9.84. The van der Waals surface area contributed by atoms with Gasteiger partial charge in [0.2, 0.25) is 0 Å². The molecule has 2 unspecified atom stereocenters. The summed E-state index contributed by atoms with van der Waals surface area (Å²) in [5.41, 5.74) is -0.587. The number of ether oxygens (including phenoxy) is 1. The van der Waals surface area contributed by atoms with Crippen LogP contribution in [0.2, 0.25) is 0 Å². The van der Waals surface area contributed by atoms with Crippen LogP contribution >= 0.6 is 0 Å². The number of amides is 1. The molecule has 0 bridgehead atoms. The van der Waals surface area contributed by atoms with Crippen LogP contribution in [0.15, 0.2) is 0 Å². The van der Waals surface area contributed by atoms with Gasteiger partial charge in [0.25, 0.3) is 0 Å². The van der Waals surface area contributed by atoms with Crippen LogP contribution < -0.4 is 0 Å². The van der Waals surface area contributed by atoms with E-state index in [0.717, 1.165) is 0 Å². The minimum absolute atomic E-state index is 0.163. The van der Waals surface area contributed by atoms with Crippen molar-refractivity contribution in [3.05, 3.63) is 0 Å². The van der Waals surface area contributed by atoms with E-state index in [9.17, 15) is 14.0 Å². The largest absolute Gasteiger partial charge is 0.481 e. The molecule has 0 aromatic carbocycles. The first-order valence-electron chi connectivity index (χ1n) is 6.51. The monoisotopic (exact) mass is 275 g/mol. The fourth-order valence-corrected chi connectivity index (χ4v) is 2.28. The Morgan fingerprint density at radius 1 is 1.42 bits per heavy atom. The summed E-state index contributed by atoms with van der Waals surface area (Å²) in [5.74, 6) is -1.83. The maximum atomic E-state index is 12.5. The van der Waals surface area contributed by atoms with Gasteiger partial charge in [-0.2, -0.15) is 0 Å². The summed E-state index contributed by atoms with van der Waals surface area (Å²) in [6.45, 7) is 5.33. The van der Waals surface area contributed by atoms with E-state index in [1.807, 2.05) is 0 Å². The van der Waals surface area contributed by atoms with Gasteiger partial charge in [-0.3, -0.25) is 9.18 Å². The van der Waals surface area contributed by atoms with E-state index >= 15 is 0 Å². The fourth-order valence-electron chi connectivity index (χ4n) is 2.28. The van der Waals surface area contributed by atoms with Gasteiger partial charge in [0.1, 0.15) is 5.60 Å². The van der Waals surface area contributed by atoms with Crippen molar-refractivity contribution in [2.45, 2.75) is 39.2 Å². The third-order valence-corrected chi connectivity index (χ3v) is 3.18. The van der Waals surface area contributed by atoms with Crippen molar-refractivity contribution < 1.29 is 23.8 Å². The molecule has 0 aliphatic carbocycles. The summed E-state index contributed by atoms with van der Waals surface area (Å²) < 4.78 is 17.7. The molecular formula is C13H22FNO4. The standard InChI is InChI=1S/C13H22FNO4/c1-13(2,3)19-12(18)15-7-5-10(11(16)17)9(8-15)4-6-14/h9-10H,4-8H2,1-3H3,(H,16,17). The highest BCUT2D eigenvalue weighted by atomic mass is 19.1.